The molecule has 0 radical (unpaired) electrons. The highest BCUT2D eigenvalue weighted by atomic mass is 19.1. The maximum absolute atomic E-state index is 13.0. The van der Waals surface area contributed by atoms with Gasteiger partial charge >= 0.3 is 12.1 Å². The van der Waals surface area contributed by atoms with E-state index in [2.05, 4.69) is 16.0 Å². The molecule has 2 aliphatic rings. The molecule has 2 aromatic rings. The largest absolute Gasteiger partial charge is 0.454 e. The van der Waals surface area contributed by atoms with E-state index in [1.807, 2.05) is 0 Å². The topological polar surface area (TPSA) is 91.9 Å². The van der Waals surface area contributed by atoms with Crippen LogP contribution in [0.15, 0.2) is 42.5 Å². The first-order chi connectivity index (χ1) is 14.6. The lowest BCUT2D eigenvalue weighted by atomic mass is 9.97. The molecule has 2 aromatic carbocycles. The van der Waals surface area contributed by atoms with Gasteiger partial charge in [0.15, 0.2) is 11.5 Å². The molecular weight excluding hydrogens is 391 g/mol. The highest BCUT2D eigenvalue weighted by Crippen LogP contribution is 2.34. The van der Waals surface area contributed by atoms with Gasteiger partial charge in [0.2, 0.25) is 6.79 Å². The van der Waals surface area contributed by atoms with Gasteiger partial charge in [-0.2, -0.15) is 0 Å². The number of benzene rings is 2. The molecule has 0 saturated carbocycles. The standard InChI is InChI=1S/C21H23FN4O4/c22-15-1-3-16(4-2-15)25-21(28)26-9-7-14(8-10-26)12-23-20(27)24-17-5-6-18-19(11-17)30-13-29-18/h1-6,11,14H,7-10,12-13H2,(H,25,28)(H2,23,24,27). The number of carbonyl (C=O) groups excluding carboxylic acids is 2. The first-order valence-electron chi connectivity index (χ1n) is 9.83. The van der Waals surface area contributed by atoms with Crippen LogP contribution in [0.1, 0.15) is 12.8 Å². The fraction of sp³-hybridized carbons (Fsp3) is 0.333. The lowest BCUT2D eigenvalue weighted by Gasteiger charge is -2.32. The summed E-state index contributed by atoms with van der Waals surface area (Å²) in [7, 11) is 0. The van der Waals surface area contributed by atoms with Crippen LogP contribution in [0.3, 0.4) is 0 Å². The number of anilines is 2. The molecule has 0 bridgehead atoms. The summed E-state index contributed by atoms with van der Waals surface area (Å²) in [6, 6.07) is 10.4. The van der Waals surface area contributed by atoms with Crippen molar-refractivity contribution < 1.29 is 23.5 Å². The molecule has 9 heteroatoms. The summed E-state index contributed by atoms with van der Waals surface area (Å²) < 4.78 is 23.5. The number of piperidine rings is 1. The molecule has 8 nitrogen and oxygen atoms in total. The van der Waals surface area contributed by atoms with Crippen LogP contribution >= 0.6 is 0 Å². The summed E-state index contributed by atoms with van der Waals surface area (Å²) in [6.45, 7) is 1.92. The van der Waals surface area contributed by atoms with E-state index in [-0.39, 0.29) is 24.7 Å². The van der Waals surface area contributed by atoms with E-state index in [0.29, 0.717) is 48.4 Å². The van der Waals surface area contributed by atoms with Crippen molar-refractivity contribution in [2.24, 2.45) is 5.92 Å². The van der Waals surface area contributed by atoms with Crippen LogP contribution in [-0.4, -0.2) is 43.4 Å². The first kappa shape index (κ1) is 19.8. The number of likely N-dealkylation sites (tertiary alicyclic amines) is 1. The molecule has 2 heterocycles. The van der Waals surface area contributed by atoms with Crippen molar-refractivity contribution in [3.05, 3.63) is 48.3 Å². The second-order valence-corrected chi connectivity index (χ2v) is 7.27. The number of hydrogen-bond acceptors (Lipinski definition) is 4. The van der Waals surface area contributed by atoms with Crippen molar-refractivity contribution in [2.45, 2.75) is 12.8 Å². The maximum Gasteiger partial charge on any atom is 0.321 e. The number of nitrogens with one attached hydrogen (secondary N) is 3. The van der Waals surface area contributed by atoms with Gasteiger partial charge in [-0.05, 0) is 55.2 Å². The Labute approximate surface area is 173 Å². The second-order valence-electron chi connectivity index (χ2n) is 7.27. The van der Waals surface area contributed by atoms with Crippen LogP contribution in [-0.2, 0) is 0 Å². The Bertz CT molecular complexity index is 914. The number of rotatable bonds is 4. The van der Waals surface area contributed by atoms with Crippen molar-refractivity contribution in [2.75, 3.05) is 37.1 Å². The van der Waals surface area contributed by atoms with Crippen LogP contribution in [0.4, 0.5) is 25.4 Å². The number of amides is 4. The Kier molecular flexibility index (Phi) is 5.87. The highest BCUT2D eigenvalue weighted by Gasteiger charge is 2.23. The molecule has 1 saturated heterocycles. The molecule has 0 aliphatic carbocycles. The Morgan fingerprint density at radius 2 is 1.67 bits per heavy atom. The molecule has 0 aromatic heterocycles. The average Bonchev–Trinajstić information content (AvgIpc) is 3.22. The van der Waals surface area contributed by atoms with E-state index in [1.165, 1.54) is 24.3 Å². The normalized spacial score (nSPS) is 15.6. The smallest absolute Gasteiger partial charge is 0.321 e. The minimum atomic E-state index is -0.344. The van der Waals surface area contributed by atoms with Gasteiger partial charge in [0.1, 0.15) is 5.82 Å². The van der Waals surface area contributed by atoms with E-state index in [1.54, 1.807) is 23.1 Å². The Morgan fingerprint density at radius 3 is 2.43 bits per heavy atom. The Morgan fingerprint density at radius 1 is 0.967 bits per heavy atom. The van der Waals surface area contributed by atoms with Crippen LogP contribution in [0.2, 0.25) is 0 Å². The lowest BCUT2D eigenvalue weighted by Crippen LogP contribution is -2.43. The fourth-order valence-electron chi connectivity index (χ4n) is 3.46. The monoisotopic (exact) mass is 414 g/mol. The zero-order valence-corrected chi connectivity index (χ0v) is 16.3. The molecule has 3 N–H and O–H groups in total. The molecule has 0 atom stereocenters. The summed E-state index contributed by atoms with van der Waals surface area (Å²) in [5, 5.41) is 8.43. The summed E-state index contributed by atoms with van der Waals surface area (Å²) in [5.74, 6) is 1.22. The number of ether oxygens (including phenoxy) is 2. The van der Waals surface area contributed by atoms with Gasteiger partial charge in [0, 0.05) is 37.1 Å². The summed E-state index contributed by atoms with van der Waals surface area (Å²) in [5.41, 5.74) is 1.19. The molecule has 4 rings (SSSR count). The highest BCUT2D eigenvalue weighted by molar-refractivity contribution is 5.90. The third-order valence-corrected chi connectivity index (χ3v) is 5.18. The van der Waals surface area contributed by atoms with Gasteiger partial charge < -0.3 is 30.3 Å². The van der Waals surface area contributed by atoms with E-state index < -0.39 is 0 Å². The minimum Gasteiger partial charge on any atom is -0.454 e. The quantitative estimate of drug-likeness (QED) is 0.713. The van der Waals surface area contributed by atoms with Gasteiger partial charge in [-0.1, -0.05) is 0 Å². The van der Waals surface area contributed by atoms with Crippen molar-refractivity contribution in [3.63, 3.8) is 0 Å². The van der Waals surface area contributed by atoms with Gasteiger partial charge in [-0.3, -0.25) is 0 Å². The van der Waals surface area contributed by atoms with E-state index in [0.717, 1.165) is 12.8 Å². The van der Waals surface area contributed by atoms with Gasteiger partial charge in [0.25, 0.3) is 0 Å². The SMILES string of the molecule is O=C(NCC1CCN(C(=O)Nc2ccc(F)cc2)CC1)Nc1ccc2c(c1)OCO2. The van der Waals surface area contributed by atoms with E-state index in [9.17, 15) is 14.0 Å². The molecule has 0 unspecified atom stereocenters. The predicted octanol–water partition coefficient (Wildman–Crippen LogP) is 3.62. The zero-order chi connectivity index (χ0) is 20.9. The molecular formula is C21H23FN4O4. The van der Waals surface area contributed by atoms with Crippen LogP contribution in [0, 0.1) is 11.7 Å². The third-order valence-electron chi connectivity index (χ3n) is 5.18. The fourth-order valence-corrected chi connectivity index (χ4v) is 3.46. The molecule has 158 valence electrons. The van der Waals surface area contributed by atoms with Crippen molar-refractivity contribution in [3.8, 4) is 11.5 Å². The number of urea groups is 2. The van der Waals surface area contributed by atoms with Crippen LogP contribution in [0.5, 0.6) is 11.5 Å². The Hall–Kier alpha value is -3.49. The van der Waals surface area contributed by atoms with Gasteiger partial charge in [-0.25, -0.2) is 14.0 Å². The molecule has 0 spiro atoms. The second kappa shape index (κ2) is 8.89. The molecule has 30 heavy (non-hydrogen) atoms. The van der Waals surface area contributed by atoms with Crippen LogP contribution in [0.25, 0.3) is 0 Å². The average molecular weight is 414 g/mol. The molecule has 1 fully saturated rings. The van der Waals surface area contributed by atoms with E-state index >= 15 is 0 Å². The number of halogens is 1. The van der Waals surface area contributed by atoms with Crippen LogP contribution < -0.4 is 25.4 Å². The number of fused-ring (bicyclic) bond motifs is 1. The summed E-state index contributed by atoms with van der Waals surface area (Å²) in [4.78, 5) is 26.2. The zero-order valence-electron chi connectivity index (χ0n) is 16.3. The summed E-state index contributed by atoms with van der Waals surface area (Å²) >= 11 is 0. The maximum atomic E-state index is 13.0. The van der Waals surface area contributed by atoms with Crippen molar-refractivity contribution >= 4 is 23.4 Å². The molecule has 4 amide bonds. The lowest BCUT2D eigenvalue weighted by molar-refractivity contribution is 0.174. The van der Waals surface area contributed by atoms with Gasteiger partial charge in [0.05, 0.1) is 0 Å². The van der Waals surface area contributed by atoms with Crippen molar-refractivity contribution in [1.29, 1.82) is 0 Å². The minimum absolute atomic E-state index is 0.186. The number of hydrogen-bond donors (Lipinski definition) is 3. The molecule has 2 aliphatic heterocycles. The van der Waals surface area contributed by atoms with Crippen molar-refractivity contribution in [1.82, 2.24) is 10.2 Å². The summed E-state index contributed by atoms with van der Waals surface area (Å²) in [6.07, 6.45) is 1.59. The number of carbonyl (C=O) groups is 2. The first-order valence-corrected chi connectivity index (χ1v) is 9.83. The van der Waals surface area contributed by atoms with Gasteiger partial charge in [-0.15, -0.1) is 0 Å². The Balaban J connectivity index is 1.18. The number of nitrogens with zero attached hydrogens (tertiary/aromatic N) is 1. The predicted molar refractivity (Wildman–Crippen MR) is 109 cm³/mol. The third kappa shape index (κ3) is 4.91. The van der Waals surface area contributed by atoms with E-state index in [4.69, 9.17) is 9.47 Å².